The van der Waals surface area contributed by atoms with E-state index in [-0.39, 0.29) is 22.8 Å². The Kier molecular flexibility index (Phi) is 4.82. The molecule has 0 fully saturated rings. The van der Waals surface area contributed by atoms with Gasteiger partial charge in [0, 0.05) is 28.4 Å². The number of rotatable bonds is 5. The number of hydrogen-bond acceptors (Lipinski definition) is 7. The van der Waals surface area contributed by atoms with Gasteiger partial charge in [0.25, 0.3) is 0 Å². The number of nitrogens with two attached hydrogens (primary N) is 1. The molecule has 0 aliphatic carbocycles. The Morgan fingerprint density at radius 3 is 2.50 bits per heavy atom. The second-order valence-corrected chi connectivity index (χ2v) is 7.73. The van der Waals surface area contributed by atoms with E-state index in [9.17, 15) is 18.0 Å². The van der Waals surface area contributed by atoms with Crippen molar-refractivity contribution in [3.63, 3.8) is 0 Å². The molecule has 0 bridgehead atoms. The molecule has 3 N–H and O–H groups in total. The van der Waals surface area contributed by atoms with Crippen molar-refractivity contribution < 1.29 is 26.6 Å². The van der Waals surface area contributed by atoms with Gasteiger partial charge >= 0.3 is 16.1 Å². The number of aryl methyl sites for hydroxylation is 2. The maximum atomic E-state index is 13.0. The molecule has 0 atom stereocenters. The summed E-state index contributed by atoms with van der Waals surface area (Å²) < 4.78 is 33.1. The van der Waals surface area contributed by atoms with Crippen molar-refractivity contribution in [1.29, 1.82) is 0 Å². The molecule has 0 radical (unpaired) electrons. The van der Waals surface area contributed by atoms with Crippen molar-refractivity contribution in [1.82, 2.24) is 4.98 Å². The molecule has 9 nitrogen and oxygen atoms in total. The molecule has 2 heterocycles. The summed E-state index contributed by atoms with van der Waals surface area (Å²) in [4.78, 5) is 28.7. The first-order valence-electron chi connectivity index (χ1n) is 8.06. The Labute approximate surface area is 160 Å². The van der Waals surface area contributed by atoms with Gasteiger partial charge in [-0.15, -0.1) is 0 Å². The van der Waals surface area contributed by atoms with Gasteiger partial charge in [0.15, 0.2) is 5.76 Å². The van der Waals surface area contributed by atoms with Gasteiger partial charge in [-0.3, -0.25) is 9.78 Å². The van der Waals surface area contributed by atoms with Gasteiger partial charge in [0.2, 0.25) is 5.78 Å². The minimum atomic E-state index is -3.74. The van der Waals surface area contributed by atoms with Gasteiger partial charge in [-0.1, -0.05) is 0 Å². The molecule has 10 heteroatoms. The zero-order chi connectivity index (χ0) is 20.6. The van der Waals surface area contributed by atoms with Crippen LogP contribution in [0.25, 0.3) is 11.0 Å². The predicted octanol–water partition coefficient (Wildman–Crippen LogP) is 2.50. The number of urea groups is 1. The van der Waals surface area contributed by atoms with Gasteiger partial charge in [-0.2, -0.15) is 8.42 Å². The maximum absolute atomic E-state index is 13.0. The number of ketones is 1. The Hall–Kier alpha value is -3.40. The number of furan rings is 1. The van der Waals surface area contributed by atoms with E-state index in [1.165, 1.54) is 18.2 Å². The van der Waals surface area contributed by atoms with Crippen LogP contribution in [-0.2, 0) is 10.1 Å². The summed E-state index contributed by atoms with van der Waals surface area (Å²) in [5, 5.41) is 2.75. The Bertz CT molecular complexity index is 1210. The van der Waals surface area contributed by atoms with Crippen LogP contribution in [0.2, 0.25) is 0 Å². The lowest BCUT2D eigenvalue weighted by atomic mass is 10.1. The van der Waals surface area contributed by atoms with Crippen molar-refractivity contribution in [3.8, 4) is 5.75 Å². The van der Waals surface area contributed by atoms with E-state index in [1.807, 2.05) is 0 Å². The smallest absolute Gasteiger partial charge is 0.316 e. The van der Waals surface area contributed by atoms with Crippen LogP contribution in [0.15, 0.2) is 34.7 Å². The minimum Gasteiger partial charge on any atom is -0.450 e. The van der Waals surface area contributed by atoms with Crippen LogP contribution in [0.3, 0.4) is 0 Å². The number of benzene rings is 1. The lowest BCUT2D eigenvalue weighted by molar-refractivity contribution is 0.101. The Morgan fingerprint density at radius 2 is 1.89 bits per heavy atom. The van der Waals surface area contributed by atoms with Crippen molar-refractivity contribution in [2.75, 3.05) is 11.6 Å². The number of nitrogens with zero attached hydrogens (tertiary/aromatic N) is 1. The van der Waals surface area contributed by atoms with E-state index in [1.54, 1.807) is 26.0 Å². The third-order valence-corrected chi connectivity index (χ3v) is 4.33. The van der Waals surface area contributed by atoms with Crippen LogP contribution in [-0.4, -0.2) is 31.5 Å². The standard InChI is InChI=1S/C18H17N3O6S/c1-9-4-6-12(10(2)20-9)16(22)17-15(21-18(19)23)13-7-5-11(8-14(13)26-17)27-28(3,24)25/h4-8H,1-3H3,(H3,19,21,23). The quantitative estimate of drug-likeness (QED) is 0.492. The van der Waals surface area contributed by atoms with E-state index in [4.69, 9.17) is 14.3 Å². The van der Waals surface area contributed by atoms with Gasteiger partial charge in [0.05, 0.1) is 6.26 Å². The van der Waals surface area contributed by atoms with Gasteiger partial charge in [-0.05, 0) is 38.1 Å². The fourth-order valence-electron chi connectivity index (χ4n) is 2.76. The summed E-state index contributed by atoms with van der Waals surface area (Å²) in [6.07, 6.45) is 0.904. The molecule has 3 aromatic rings. The predicted molar refractivity (Wildman–Crippen MR) is 102 cm³/mol. The fourth-order valence-corrected chi connectivity index (χ4v) is 3.21. The molecule has 2 aromatic heterocycles. The lowest BCUT2D eigenvalue weighted by Crippen LogP contribution is -2.20. The summed E-state index contributed by atoms with van der Waals surface area (Å²) in [5.41, 5.74) is 6.99. The molecule has 28 heavy (non-hydrogen) atoms. The van der Waals surface area contributed by atoms with E-state index < -0.39 is 21.9 Å². The molecule has 0 saturated carbocycles. The van der Waals surface area contributed by atoms with E-state index >= 15 is 0 Å². The summed E-state index contributed by atoms with van der Waals surface area (Å²) in [5.74, 6) is -0.656. The van der Waals surface area contributed by atoms with E-state index in [0.717, 1.165) is 11.9 Å². The van der Waals surface area contributed by atoms with E-state index in [2.05, 4.69) is 10.3 Å². The summed E-state index contributed by atoms with van der Waals surface area (Å²) in [6.45, 7) is 3.48. The lowest BCUT2D eigenvalue weighted by Gasteiger charge is -2.06. The van der Waals surface area contributed by atoms with Gasteiger partial charge in [-0.25, -0.2) is 4.79 Å². The number of aromatic nitrogens is 1. The number of hydrogen-bond donors (Lipinski definition) is 2. The third-order valence-electron chi connectivity index (χ3n) is 3.83. The highest BCUT2D eigenvalue weighted by molar-refractivity contribution is 7.86. The van der Waals surface area contributed by atoms with Gasteiger partial charge in [0.1, 0.15) is 17.0 Å². The number of carbonyl (C=O) groups excluding carboxylic acids is 2. The number of pyridine rings is 1. The van der Waals surface area contributed by atoms with Crippen molar-refractivity contribution >= 4 is 38.6 Å². The highest BCUT2D eigenvalue weighted by Crippen LogP contribution is 2.35. The van der Waals surface area contributed by atoms with Crippen LogP contribution in [0.1, 0.15) is 27.5 Å². The topological polar surface area (TPSA) is 142 Å². The summed E-state index contributed by atoms with van der Waals surface area (Å²) in [7, 11) is -3.74. The minimum absolute atomic E-state index is 0.00144. The highest BCUT2D eigenvalue weighted by atomic mass is 32.2. The number of primary amides is 1. The maximum Gasteiger partial charge on any atom is 0.316 e. The molecule has 0 aliphatic rings. The monoisotopic (exact) mass is 403 g/mol. The van der Waals surface area contributed by atoms with Crippen molar-refractivity contribution in [2.45, 2.75) is 13.8 Å². The zero-order valence-corrected chi connectivity index (χ0v) is 16.1. The molecule has 146 valence electrons. The number of anilines is 1. The molecule has 0 aliphatic heterocycles. The molecule has 2 amide bonds. The Morgan fingerprint density at radius 1 is 1.18 bits per heavy atom. The second-order valence-electron chi connectivity index (χ2n) is 6.16. The molecule has 1 aromatic carbocycles. The summed E-state index contributed by atoms with van der Waals surface area (Å²) in [6, 6.07) is 6.55. The number of amides is 2. The molecule has 3 rings (SSSR count). The number of fused-ring (bicyclic) bond motifs is 1. The SMILES string of the molecule is Cc1ccc(C(=O)c2oc3cc(OS(C)(=O)=O)ccc3c2NC(N)=O)c(C)n1. The molecular formula is C18H17N3O6S. The number of carbonyl (C=O) groups is 2. The zero-order valence-electron chi connectivity index (χ0n) is 15.3. The Balaban J connectivity index is 2.16. The molecule has 0 unspecified atom stereocenters. The van der Waals surface area contributed by atoms with Crippen LogP contribution in [0.5, 0.6) is 5.75 Å². The van der Waals surface area contributed by atoms with Gasteiger partial charge < -0.3 is 19.7 Å². The van der Waals surface area contributed by atoms with Crippen LogP contribution < -0.4 is 15.2 Å². The van der Waals surface area contributed by atoms with Crippen molar-refractivity contribution in [2.24, 2.45) is 5.73 Å². The average Bonchev–Trinajstić information content (AvgIpc) is 2.90. The molecule has 0 spiro atoms. The van der Waals surface area contributed by atoms with Crippen molar-refractivity contribution in [3.05, 3.63) is 53.0 Å². The van der Waals surface area contributed by atoms with Crippen LogP contribution >= 0.6 is 0 Å². The first-order valence-corrected chi connectivity index (χ1v) is 9.88. The third kappa shape index (κ3) is 3.96. The number of nitrogens with one attached hydrogen (secondary N) is 1. The highest BCUT2D eigenvalue weighted by Gasteiger charge is 2.25. The van der Waals surface area contributed by atoms with Crippen LogP contribution in [0.4, 0.5) is 10.5 Å². The second kappa shape index (κ2) is 6.97. The first kappa shape index (κ1) is 19.4. The molecule has 0 saturated heterocycles. The average molecular weight is 403 g/mol. The largest absolute Gasteiger partial charge is 0.450 e. The fraction of sp³-hybridized carbons (Fsp3) is 0.167. The molecular weight excluding hydrogens is 386 g/mol. The normalized spacial score (nSPS) is 11.4. The first-order chi connectivity index (χ1) is 13.0. The summed E-state index contributed by atoms with van der Waals surface area (Å²) >= 11 is 0. The van der Waals surface area contributed by atoms with E-state index in [0.29, 0.717) is 16.6 Å². The van der Waals surface area contributed by atoms with Crippen LogP contribution in [0, 0.1) is 13.8 Å².